The first-order chi connectivity index (χ1) is 8.17. The Morgan fingerprint density at radius 3 is 2.47 bits per heavy atom. The Balaban J connectivity index is 2.44. The lowest BCUT2D eigenvalue weighted by Crippen LogP contribution is -2.35. The van der Waals surface area contributed by atoms with Gasteiger partial charge in [-0.25, -0.2) is 0 Å². The summed E-state index contributed by atoms with van der Waals surface area (Å²) < 4.78 is 0. The number of rotatable bonds is 6. The van der Waals surface area contributed by atoms with Crippen LogP contribution in [0.1, 0.15) is 24.5 Å². The zero-order chi connectivity index (χ0) is 12.7. The van der Waals surface area contributed by atoms with Gasteiger partial charge < -0.3 is 10.6 Å². The van der Waals surface area contributed by atoms with Gasteiger partial charge in [0.05, 0.1) is 0 Å². The predicted octanol–water partition coefficient (Wildman–Crippen LogP) is 1.73. The third kappa shape index (κ3) is 4.57. The molecule has 0 unspecified atom stereocenters. The fourth-order valence-electron chi connectivity index (χ4n) is 1.78. The maximum atomic E-state index is 11.9. The monoisotopic (exact) mass is 234 g/mol. The van der Waals surface area contributed by atoms with E-state index in [1.165, 1.54) is 11.1 Å². The minimum Gasteiger partial charge on any atom is -0.342 e. The van der Waals surface area contributed by atoms with Crippen LogP contribution in [0.15, 0.2) is 24.3 Å². The molecular weight excluding hydrogens is 212 g/mol. The van der Waals surface area contributed by atoms with Crippen LogP contribution in [0.4, 0.5) is 0 Å². The summed E-state index contributed by atoms with van der Waals surface area (Å²) >= 11 is 0. The van der Waals surface area contributed by atoms with E-state index < -0.39 is 0 Å². The zero-order valence-electron chi connectivity index (χ0n) is 10.8. The number of aryl methyl sites for hydroxylation is 2. The number of hydrogen-bond acceptors (Lipinski definition) is 2. The molecule has 0 radical (unpaired) electrons. The van der Waals surface area contributed by atoms with Crippen LogP contribution in [0.25, 0.3) is 0 Å². The summed E-state index contributed by atoms with van der Waals surface area (Å²) in [6.45, 7) is 5.98. The molecule has 0 fully saturated rings. The molecule has 1 amide bonds. The fraction of sp³-hybridized carbons (Fsp3) is 0.500. The quantitative estimate of drug-likeness (QED) is 0.815. The molecule has 0 spiro atoms. The number of amides is 1. The van der Waals surface area contributed by atoms with E-state index in [1.807, 2.05) is 11.8 Å². The maximum Gasteiger partial charge on any atom is 0.222 e. The van der Waals surface area contributed by atoms with E-state index in [4.69, 9.17) is 5.73 Å². The topological polar surface area (TPSA) is 46.3 Å². The average Bonchev–Trinajstić information content (AvgIpc) is 2.35. The summed E-state index contributed by atoms with van der Waals surface area (Å²) in [5, 5.41) is 0. The lowest BCUT2D eigenvalue weighted by atomic mass is 10.1. The van der Waals surface area contributed by atoms with Crippen LogP contribution < -0.4 is 5.73 Å². The van der Waals surface area contributed by atoms with Crippen LogP contribution >= 0.6 is 0 Å². The third-order valence-electron chi connectivity index (χ3n) is 2.88. The van der Waals surface area contributed by atoms with E-state index in [0.29, 0.717) is 19.5 Å². The first-order valence-corrected chi connectivity index (χ1v) is 6.20. The van der Waals surface area contributed by atoms with Gasteiger partial charge in [-0.3, -0.25) is 4.79 Å². The van der Waals surface area contributed by atoms with E-state index >= 15 is 0 Å². The van der Waals surface area contributed by atoms with Crippen molar-refractivity contribution in [3.8, 4) is 0 Å². The fourth-order valence-corrected chi connectivity index (χ4v) is 1.78. The number of benzene rings is 1. The molecule has 0 saturated carbocycles. The Bertz CT molecular complexity index is 346. The summed E-state index contributed by atoms with van der Waals surface area (Å²) in [5.74, 6) is 0.193. The molecule has 2 N–H and O–H groups in total. The Morgan fingerprint density at radius 2 is 1.94 bits per heavy atom. The van der Waals surface area contributed by atoms with Gasteiger partial charge in [-0.1, -0.05) is 29.8 Å². The van der Waals surface area contributed by atoms with Gasteiger partial charge in [-0.15, -0.1) is 0 Å². The summed E-state index contributed by atoms with van der Waals surface area (Å²) in [6.07, 6.45) is 1.37. The molecule has 0 bridgehead atoms. The molecule has 0 aliphatic rings. The molecule has 0 saturated heterocycles. The molecule has 1 aromatic rings. The molecule has 17 heavy (non-hydrogen) atoms. The first kappa shape index (κ1) is 13.7. The van der Waals surface area contributed by atoms with Crippen molar-refractivity contribution in [1.29, 1.82) is 0 Å². The number of hydrogen-bond donors (Lipinski definition) is 1. The molecule has 0 aliphatic carbocycles. The summed E-state index contributed by atoms with van der Waals surface area (Å²) in [6, 6.07) is 8.33. The Kier molecular flexibility index (Phi) is 5.70. The predicted molar refractivity (Wildman–Crippen MR) is 70.8 cm³/mol. The van der Waals surface area contributed by atoms with Crippen LogP contribution in [0.2, 0.25) is 0 Å². The van der Waals surface area contributed by atoms with Crippen molar-refractivity contribution >= 4 is 5.91 Å². The first-order valence-electron chi connectivity index (χ1n) is 6.20. The molecule has 1 aromatic carbocycles. The van der Waals surface area contributed by atoms with Crippen LogP contribution in [-0.4, -0.2) is 30.4 Å². The smallest absolute Gasteiger partial charge is 0.222 e. The molecular formula is C14H22N2O. The lowest BCUT2D eigenvalue weighted by molar-refractivity contribution is -0.130. The number of carbonyl (C=O) groups excluding carboxylic acids is 1. The second-order valence-corrected chi connectivity index (χ2v) is 4.25. The van der Waals surface area contributed by atoms with Crippen molar-refractivity contribution in [1.82, 2.24) is 4.90 Å². The van der Waals surface area contributed by atoms with Crippen molar-refractivity contribution < 1.29 is 4.79 Å². The molecule has 3 heteroatoms. The van der Waals surface area contributed by atoms with Crippen molar-refractivity contribution in [3.05, 3.63) is 35.4 Å². The number of carbonyl (C=O) groups is 1. The second kappa shape index (κ2) is 7.07. The summed E-state index contributed by atoms with van der Waals surface area (Å²) in [5.41, 5.74) is 7.94. The highest BCUT2D eigenvalue weighted by Gasteiger charge is 2.10. The van der Waals surface area contributed by atoms with Gasteiger partial charge in [0.25, 0.3) is 0 Å². The maximum absolute atomic E-state index is 11.9. The highest BCUT2D eigenvalue weighted by atomic mass is 16.2. The number of nitrogens with zero attached hydrogens (tertiary/aromatic N) is 1. The standard InChI is InChI=1S/C14H22N2O/c1-3-16(11-10-15)14(17)9-8-13-6-4-12(2)5-7-13/h4-7H,3,8-11,15H2,1-2H3. The highest BCUT2D eigenvalue weighted by Crippen LogP contribution is 2.07. The number of nitrogens with two attached hydrogens (primary N) is 1. The van der Waals surface area contributed by atoms with Crippen molar-refractivity contribution in [3.63, 3.8) is 0 Å². The van der Waals surface area contributed by atoms with Crippen LogP contribution in [0.5, 0.6) is 0 Å². The zero-order valence-corrected chi connectivity index (χ0v) is 10.8. The normalized spacial score (nSPS) is 10.3. The molecule has 3 nitrogen and oxygen atoms in total. The molecule has 0 aromatic heterocycles. The van der Waals surface area contributed by atoms with E-state index in [-0.39, 0.29) is 5.91 Å². The molecule has 0 heterocycles. The van der Waals surface area contributed by atoms with Gasteiger partial charge in [0.15, 0.2) is 0 Å². The van der Waals surface area contributed by atoms with Crippen LogP contribution in [0, 0.1) is 6.92 Å². The van der Waals surface area contributed by atoms with E-state index in [9.17, 15) is 4.79 Å². The molecule has 1 rings (SSSR count). The second-order valence-electron chi connectivity index (χ2n) is 4.25. The van der Waals surface area contributed by atoms with Gasteiger partial charge in [-0.2, -0.15) is 0 Å². The molecule has 94 valence electrons. The minimum absolute atomic E-state index is 0.193. The van der Waals surface area contributed by atoms with Gasteiger partial charge in [0, 0.05) is 26.1 Å². The lowest BCUT2D eigenvalue weighted by Gasteiger charge is -2.19. The molecule has 0 atom stereocenters. The van der Waals surface area contributed by atoms with Crippen molar-refractivity contribution in [2.45, 2.75) is 26.7 Å². The van der Waals surface area contributed by atoms with Crippen molar-refractivity contribution in [2.75, 3.05) is 19.6 Å². The Hall–Kier alpha value is -1.35. The van der Waals surface area contributed by atoms with Crippen LogP contribution in [-0.2, 0) is 11.2 Å². The largest absolute Gasteiger partial charge is 0.342 e. The minimum atomic E-state index is 0.193. The van der Waals surface area contributed by atoms with E-state index in [2.05, 4.69) is 31.2 Å². The van der Waals surface area contributed by atoms with Gasteiger partial charge in [0.1, 0.15) is 0 Å². The van der Waals surface area contributed by atoms with E-state index in [1.54, 1.807) is 0 Å². The van der Waals surface area contributed by atoms with E-state index in [0.717, 1.165) is 13.0 Å². The third-order valence-corrected chi connectivity index (χ3v) is 2.88. The van der Waals surface area contributed by atoms with Gasteiger partial charge in [0.2, 0.25) is 5.91 Å². The number of likely N-dealkylation sites (N-methyl/N-ethyl adjacent to an activating group) is 1. The van der Waals surface area contributed by atoms with Crippen LogP contribution in [0.3, 0.4) is 0 Å². The Labute approximate surface area is 104 Å². The van der Waals surface area contributed by atoms with Gasteiger partial charge in [-0.05, 0) is 25.8 Å². The Morgan fingerprint density at radius 1 is 1.29 bits per heavy atom. The summed E-state index contributed by atoms with van der Waals surface area (Å²) in [4.78, 5) is 13.7. The average molecular weight is 234 g/mol. The highest BCUT2D eigenvalue weighted by molar-refractivity contribution is 5.76. The van der Waals surface area contributed by atoms with Gasteiger partial charge >= 0.3 is 0 Å². The molecule has 0 aliphatic heterocycles. The summed E-state index contributed by atoms with van der Waals surface area (Å²) in [7, 11) is 0. The SMILES string of the molecule is CCN(CCN)C(=O)CCc1ccc(C)cc1. The van der Waals surface area contributed by atoms with Crippen molar-refractivity contribution in [2.24, 2.45) is 5.73 Å².